The highest BCUT2D eigenvalue weighted by atomic mass is 79.9. The van der Waals surface area contributed by atoms with E-state index in [0.29, 0.717) is 21.6 Å². The summed E-state index contributed by atoms with van der Waals surface area (Å²) in [6.07, 6.45) is 0. The summed E-state index contributed by atoms with van der Waals surface area (Å²) in [4.78, 5) is 24.0. The number of nitrogens with one attached hydrogen (secondary N) is 2. The maximum Gasteiger partial charge on any atom is 0.325 e. The molecule has 0 saturated carbocycles. The maximum atomic E-state index is 10.9. The number of aromatic nitrogens is 4. The summed E-state index contributed by atoms with van der Waals surface area (Å²) in [6.45, 7) is 1.76. The van der Waals surface area contributed by atoms with Gasteiger partial charge < -0.3 is 4.98 Å². The molecule has 0 aliphatic heterocycles. The van der Waals surface area contributed by atoms with E-state index in [0.717, 1.165) is 0 Å². The molecule has 0 bridgehead atoms. The number of H-pyrrole nitrogens is 2. The van der Waals surface area contributed by atoms with E-state index in [-0.39, 0.29) is 5.69 Å². The summed E-state index contributed by atoms with van der Waals surface area (Å²) in [5, 5.41) is 0. The molecule has 2 aromatic rings. The largest absolute Gasteiger partial charge is 0.325 e. The number of hydrogen-bond donors (Lipinski definition) is 2. The first-order chi connectivity index (χ1) is 5.66. The van der Waals surface area contributed by atoms with Gasteiger partial charge in [-0.3, -0.25) is 4.98 Å². The number of fused-ring (bicyclic) bond motifs is 1. The van der Waals surface area contributed by atoms with Gasteiger partial charge >= 0.3 is 5.69 Å². The lowest BCUT2D eigenvalue weighted by molar-refractivity contribution is 1.06. The van der Waals surface area contributed by atoms with Gasteiger partial charge in [-0.25, -0.2) is 14.8 Å². The zero-order valence-corrected chi connectivity index (χ0v) is 7.77. The van der Waals surface area contributed by atoms with E-state index in [9.17, 15) is 4.79 Å². The summed E-state index contributed by atoms with van der Waals surface area (Å²) in [5.41, 5.74) is 0.857. The number of hydrogen-bond acceptors (Lipinski definition) is 3. The average Bonchev–Trinajstić information content (AvgIpc) is 2.29. The molecule has 0 aliphatic rings. The molecule has 0 aliphatic carbocycles. The summed E-state index contributed by atoms with van der Waals surface area (Å²) in [6, 6.07) is 0. The lowest BCUT2D eigenvalue weighted by atomic mass is 10.5. The monoisotopic (exact) mass is 228 g/mol. The zero-order chi connectivity index (χ0) is 8.72. The second kappa shape index (κ2) is 2.41. The Morgan fingerprint density at radius 2 is 2.08 bits per heavy atom. The Hall–Kier alpha value is -1.17. The molecule has 0 spiro atoms. The van der Waals surface area contributed by atoms with E-state index in [4.69, 9.17) is 0 Å². The first-order valence-corrected chi connectivity index (χ1v) is 4.08. The normalized spacial score (nSPS) is 10.8. The van der Waals surface area contributed by atoms with Crippen molar-refractivity contribution in [2.45, 2.75) is 6.92 Å². The van der Waals surface area contributed by atoms with Gasteiger partial charge in [0.1, 0.15) is 15.9 Å². The topological polar surface area (TPSA) is 74.4 Å². The van der Waals surface area contributed by atoms with Gasteiger partial charge in [-0.2, -0.15) is 0 Å². The van der Waals surface area contributed by atoms with Gasteiger partial charge in [-0.05, 0) is 22.9 Å². The standard InChI is InChI=1S/C6H5BrN4O/c1-2-8-4(7)3-5(9-2)11-6(12)10-3/h1H3,(H2,8,9,10,11,12). The van der Waals surface area contributed by atoms with Crippen molar-refractivity contribution >= 4 is 27.1 Å². The van der Waals surface area contributed by atoms with E-state index >= 15 is 0 Å². The van der Waals surface area contributed by atoms with E-state index in [1.54, 1.807) is 6.92 Å². The van der Waals surface area contributed by atoms with Gasteiger partial charge in [0, 0.05) is 0 Å². The van der Waals surface area contributed by atoms with E-state index in [1.807, 2.05) is 0 Å². The van der Waals surface area contributed by atoms with Gasteiger partial charge in [0.05, 0.1) is 0 Å². The summed E-state index contributed by atoms with van der Waals surface area (Å²) < 4.78 is 0.600. The van der Waals surface area contributed by atoms with Crippen LogP contribution in [0.15, 0.2) is 9.40 Å². The fourth-order valence-corrected chi connectivity index (χ4v) is 1.54. The van der Waals surface area contributed by atoms with Gasteiger partial charge in [0.25, 0.3) is 0 Å². The van der Waals surface area contributed by atoms with Crippen molar-refractivity contribution < 1.29 is 0 Å². The van der Waals surface area contributed by atoms with Crippen LogP contribution in [0.2, 0.25) is 0 Å². The van der Waals surface area contributed by atoms with Crippen LogP contribution in [0, 0.1) is 6.92 Å². The molecule has 0 fully saturated rings. The number of halogens is 1. The Bertz CT molecular complexity index is 486. The number of rotatable bonds is 0. The second-order valence-electron chi connectivity index (χ2n) is 2.36. The summed E-state index contributed by atoms with van der Waals surface area (Å²) >= 11 is 3.22. The molecule has 6 heteroatoms. The molecule has 0 saturated heterocycles. The fraction of sp³-hybridized carbons (Fsp3) is 0.167. The molecule has 0 unspecified atom stereocenters. The van der Waals surface area contributed by atoms with Crippen LogP contribution >= 0.6 is 15.9 Å². The van der Waals surface area contributed by atoms with Crippen LogP contribution in [0.25, 0.3) is 11.2 Å². The van der Waals surface area contributed by atoms with Gasteiger partial charge in [-0.1, -0.05) is 0 Å². The molecular formula is C6H5BrN4O. The lowest BCUT2D eigenvalue weighted by Gasteiger charge is -1.93. The first kappa shape index (κ1) is 7.48. The Morgan fingerprint density at radius 1 is 1.33 bits per heavy atom. The highest BCUT2D eigenvalue weighted by Gasteiger charge is 2.05. The smallest absolute Gasteiger partial charge is 0.302 e. The number of nitrogens with zero attached hydrogens (tertiary/aromatic N) is 2. The average molecular weight is 229 g/mol. The number of aromatic amines is 2. The minimum Gasteiger partial charge on any atom is -0.302 e. The van der Waals surface area contributed by atoms with Crippen molar-refractivity contribution in [1.29, 1.82) is 0 Å². The quantitative estimate of drug-likeness (QED) is 0.653. The fourth-order valence-electron chi connectivity index (χ4n) is 0.992. The molecule has 5 nitrogen and oxygen atoms in total. The Balaban J connectivity index is 2.97. The third-order valence-corrected chi connectivity index (χ3v) is 2.02. The summed E-state index contributed by atoms with van der Waals surface area (Å²) in [5.74, 6) is 0.615. The van der Waals surface area contributed by atoms with E-state index < -0.39 is 0 Å². The van der Waals surface area contributed by atoms with Crippen molar-refractivity contribution in [2.24, 2.45) is 0 Å². The molecule has 2 heterocycles. The van der Waals surface area contributed by atoms with Gasteiger partial charge in [0.2, 0.25) is 0 Å². The molecule has 12 heavy (non-hydrogen) atoms. The Morgan fingerprint density at radius 3 is 2.83 bits per heavy atom. The third kappa shape index (κ3) is 1.04. The minimum atomic E-state index is -0.273. The van der Waals surface area contributed by atoms with Crippen LogP contribution in [-0.2, 0) is 0 Å². The molecule has 2 rings (SSSR count). The number of imidazole rings is 1. The zero-order valence-electron chi connectivity index (χ0n) is 6.18. The van der Waals surface area contributed by atoms with Gasteiger partial charge in [-0.15, -0.1) is 0 Å². The Labute approximate surface area is 75.4 Å². The summed E-state index contributed by atoms with van der Waals surface area (Å²) in [7, 11) is 0. The molecule has 62 valence electrons. The van der Waals surface area contributed by atoms with Crippen LogP contribution in [-0.4, -0.2) is 19.9 Å². The molecule has 2 aromatic heterocycles. The Kier molecular flexibility index (Phi) is 1.50. The van der Waals surface area contributed by atoms with Crippen molar-refractivity contribution in [1.82, 2.24) is 19.9 Å². The van der Waals surface area contributed by atoms with E-state index in [1.165, 1.54) is 0 Å². The van der Waals surface area contributed by atoms with Crippen LogP contribution in [0.4, 0.5) is 0 Å². The highest BCUT2D eigenvalue weighted by Crippen LogP contribution is 2.14. The molecule has 0 atom stereocenters. The minimum absolute atomic E-state index is 0.273. The molecule has 0 amide bonds. The van der Waals surface area contributed by atoms with Crippen LogP contribution in [0.3, 0.4) is 0 Å². The van der Waals surface area contributed by atoms with Crippen LogP contribution < -0.4 is 5.69 Å². The van der Waals surface area contributed by atoms with Crippen molar-refractivity contribution in [2.75, 3.05) is 0 Å². The van der Waals surface area contributed by atoms with E-state index in [2.05, 4.69) is 35.9 Å². The highest BCUT2D eigenvalue weighted by molar-refractivity contribution is 9.10. The molecule has 0 aromatic carbocycles. The van der Waals surface area contributed by atoms with Crippen LogP contribution in [0.1, 0.15) is 5.82 Å². The van der Waals surface area contributed by atoms with Crippen molar-refractivity contribution in [3.05, 3.63) is 20.9 Å². The SMILES string of the molecule is Cc1nc(Br)c2[nH]c(=O)[nH]c2n1. The van der Waals surface area contributed by atoms with Gasteiger partial charge in [0.15, 0.2) is 5.65 Å². The lowest BCUT2D eigenvalue weighted by Crippen LogP contribution is -1.99. The predicted octanol–water partition coefficient (Wildman–Crippen LogP) is 0.717. The first-order valence-electron chi connectivity index (χ1n) is 3.29. The van der Waals surface area contributed by atoms with Crippen LogP contribution in [0.5, 0.6) is 0 Å². The molecule has 0 radical (unpaired) electrons. The van der Waals surface area contributed by atoms with Crippen molar-refractivity contribution in [3.8, 4) is 0 Å². The maximum absolute atomic E-state index is 10.9. The second-order valence-corrected chi connectivity index (χ2v) is 3.12. The molecule has 2 N–H and O–H groups in total. The molecular weight excluding hydrogens is 224 g/mol. The van der Waals surface area contributed by atoms with Crippen molar-refractivity contribution in [3.63, 3.8) is 0 Å². The predicted molar refractivity (Wildman–Crippen MR) is 46.9 cm³/mol. The third-order valence-electron chi connectivity index (χ3n) is 1.45. The number of aryl methyl sites for hydroxylation is 1.